The van der Waals surface area contributed by atoms with Crippen molar-refractivity contribution < 1.29 is 28.2 Å². The van der Waals surface area contributed by atoms with E-state index in [0.29, 0.717) is 29.1 Å². The van der Waals surface area contributed by atoms with Crippen LogP contribution in [0.4, 0.5) is 4.39 Å². The predicted octanol–water partition coefficient (Wildman–Crippen LogP) is 4.12. The van der Waals surface area contributed by atoms with Crippen molar-refractivity contribution in [3.8, 4) is 17.0 Å². The zero-order valence-corrected chi connectivity index (χ0v) is 19.6. The zero-order chi connectivity index (χ0) is 24.5. The summed E-state index contributed by atoms with van der Waals surface area (Å²) < 4.78 is 29.8. The van der Waals surface area contributed by atoms with Crippen LogP contribution in [-0.4, -0.2) is 39.7 Å². The molecule has 10 heteroatoms. The first-order valence-electron chi connectivity index (χ1n) is 11.3. The number of pyridine rings is 1. The van der Waals surface area contributed by atoms with E-state index in [0.717, 1.165) is 17.7 Å². The molecule has 1 aliphatic heterocycles. The van der Waals surface area contributed by atoms with Gasteiger partial charge in [0.15, 0.2) is 5.78 Å². The third-order valence-electron chi connectivity index (χ3n) is 5.93. The van der Waals surface area contributed by atoms with E-state index in [1.807, 2.05) is 6.92 Å². The number of rotatable bonds is 8. The lowest BCUT2D eigenvalue weighted by atomic mass is 10.1. The standard InChI is InChI=1S/C25H22FN3O5S/c1-13(34-16-5-7-19(27-12-16)23(30)14-2-3-14)22-11-21(29-35-22)15-4-6-17(18(26)10-15)24(31)28-20-8-9-33-25(20)32/h4-7,10-14,20H,2-3,8-9H2,1H3,(H,28,31)/t13-,20+/m1/s1. The number of Topliss-reactive ketones (excluding diaryl/α,β-unsaturated/α-hetero) is 1. The number of carbonyl (C=O) groups excluding carboxylic acids is 3. The molecule has 1 aliphatic carbocycles. The van der Waals surface area contributed by atoms with E-state index in [1.54, 1.807) is 30.5 Å². The molecule has 1 saturated carbocycles. The molecule has 8 nitrogen and oxygen atoms in total. The fourth-order valence-corrected chi connectivity index (χ4v) is 4.47. The molecule has 2 aromatic heterocycles. The second-order valence-corrected chi connectivity index (χ2v) is 9.41. The number of carbonyl (C=O) groups is 3. The Morgan fingerprint density at radius 1 is 1.20 bits per heavy atom. The van der Waals surface area contributed by atoms with Gasteiger partial charge in [-0.2, -0.15) is 4.37 Å². The molecule has 1 saturated heterocycles. The Balaban J connectivity index is 1.23. The molecule has 0 radical (unpaired) electrons. The fraction of sp³-hybridized carbons (Fsp3) is 0.320. The Bertz CT molecular complexity index is 1290. The van der Waals surface area contributed by atoms with Crippen LogP contribution < -0.4 is 10.1 Å². The van der Waals surface area contributed by atoms with Gasteiger partial charge in [-0.15, -0.1) is 0 Å². The summed E-state index contributed by atoms with van der Waals surface area (Å²) in [5, 5.41) is 2.50. The van der Waals surface area contributed by atoms with Gasteiger partial charge < -0.3 is 14.8 Å². The van der Waals surface area contributed by atoms with Gasteiger partial charge in [-0.1, -0.05) is 6.07 Å². The molecule has 0 unspecified atom stereocenters. The molecular formula is C25H22FN3O5S. The van der Waals surface area contributed by atoms with Crippen LogP contribution in [0.2, 0.25) is 0 Å². The highest BCUT2D eigenvalue weighted by atomic mass is 32.1. The quantitative estimate of drug-likeness (QED) is 0.370. The molecule has 2 atom stereocenters. The molecule has 5 rings (SSSR count). The molecule has 1 amide bonds. The molecule has 1 aromatic carbocycles. The normalized spacial score (nSPS) is 18.1. The molecule has 1 N–H and O–H groups in total. The van der Waals surface area contributed by atoms with Gasteiger partial charge in [0.2, 0.25) is 0 Å². The van der Waals surface area contributed by atoms with Crippen molar-refractivity contribution in [3.63, 3.8) is 0 Å². The Morgan fingerprint density at radius 3 is 2.69 bits per heavy atom. The third kappa shape index (κ3) is 5.07. The number of esters is 1. The van der Waals surface area contributed by atoms with E-state index in [2.05, 4.69) is 14.7 Å². The van der Waals surface area contributed by atoms with Crippen LogP contribution in [0.15, 0.2) is 42.6 Å². The van der Waals surface area contributed by atoms with Gasteiger partial charge in [0.05, 0.1) is 28.9 Å². The molecule has 0 spiro atoms. The lowest BCUT2D eigenvalue weighted by Gasteiger charge is -2.12. The molecule has 2 aliphatic rings. The number of hydrogen-bond acceptors (Lipinski definition) is 8. The number of hydrogen-bond donors (Lipinski definition) is 1. The van der Waals surface area contributed by atoms with Crippen molar-refractivity contribution in [3.05, 3.63) is 64.5 Å². The predicted molar refractivity (Wildman–Crippen MR) is 125 cm³/mol. The Hall–Kier alpha value is -3.66. The molecule has 0 bridgehead atoms. The van der Waals surface area contributed by atoms with Gasteiger partial charge in [-0.25, -0.2) is 14.2 Å². The van der Waals surface area contributed by atoms with Crippen LogP contribution in [0, 0.1) is 11.7 Å². The van der Waals surface area contributed by atoms with E-state index >= 15 is 0 Å². The summed E-state index contributed by atoms with van der Waals surface area (Å²) in [5.41, 5.74) is 1.36. The summed E-state index contributed by atoms with van der Waals surface area (Å²) in [7, 11) is 0. The molecule has 2 fully saturated rings. The van der Waals surface area contributed by atoms with E-state index in [1.165, 1.54) is 23.7 Å². The van der Waals surface area contributed by atoms with Crippen molar-refractivity contribution in [2.75, 3.05) is 6.61 Å². The summed E-state index contributed by atoms with van der Waals surface area (Å²) in [6.07, 6.45) is 3.43. The van der Waals surface area contributed by atoms with Crippen molar-refractivity contribution in [2.24, 2.45) is 5.92 Å². The Kier molecular flexibility index (Phi) is 6.29. The number of nitrogens with one attached hydrogen (secondary N) is 1. The minimum Gasteiger partial charge on any atom is -0.484 e. The first-order valence-corrected chi connectivity index (χ1v) is 12.1. The van der Waals surface area contributed by atoms with Gasteiger partial charge in [-0.05, 0) is 61.6 Å². The molecule has 180 valence electrons. The first-order chi connectivity index (χ1) is 16.9. The number of aromatic nitrogens is 2. The lowest BCUT2D eigenvalue weighted by Crippen LogP contribution is -2.38. The maximum absolute atomic E-state index is 14.7. The van der Waals surface area contributed by atoms with E-state index in [9.17, 15) is 18.8 Å². The zero-order valence-electron chi connectivity index (χ0n) is 18.8. The largest absolute Gasteiger partial charge is 0.484 e. The van der Waals surface area contributed by atoms with E-state index in [4.69, 9.17) is 9.47 Å². The number of amides is 1. The van der Waals surface area contributed by atoms with E-state index in [-0.39, 0.29) is 30.0 Å². The highest BCUT2D eigenvalue weighted by Gasteiger charge is 2.31. The summed E-state index contributed by atoms with van der Waals surface area (Å²) in [4.78, 5) is 41.0. The Morgan fingerprint density at radius 2 is 2.03 bits per heavy atom. The van der Waals surface area contributed by atoms with Crippen molar-refractivity contribution >= 4 is 29.2 Å². The summed E-state index contributed by atoms with van der Waals surface area (Å²) in [6, 6.07) is 8.67. The van der Waals surface area contributed by atoms with Crippen LogP contribution in [0.25, 0.3) is 11.3 Å². The van der Waals surface area contributed by atoms with Gasteiger partial charge >= 0.3 is 5.97 Å². The van der Waals surface area contributed by atoms with Gasteiger partial charge in [0, 0.05) is 17.9 Å². The minimum absolute atomic E-state index is 0.0773. The summed E-state index contributed by atoms with van der Waals surface area (Å²) >= 11 is 1.23. The summed E-state index contributed by atoms with van der Waals surface area (Å²) in [5.74, 6) is -1.17. The van der Waals surface area contributed by atoms with Crippen molar-refractivity contribution in [2.45, 2.75) is 38.3 Å². The van der Waals surface area contributed by atoms with Crippen LogP contribution in [0.3, 0.4) is 0 Å². The van der Waals surface area contributed by atoms with Gasteiger partial charge in [-0.3, -0.25) is 9.59 Å². The van der Waals surface area contributed by atoms with Crippen molar-refractivity contribution in [1.82, 2.24) is 14.7 Å². The fourth-order valence-electron chi connectivity index (χ4n) is 3.75. The highest BCUT2D eigenvalue weighted by molar-refractivity contribution is 7.06. The number of ketones is 1. The number of ether oxygens (including phenoxy) is 2. The van der Waals surface area contributed by atoms with Crippen LogP contribution in [-0.2, 0) is 9.53 Å². The average Bonchev–Trinajstić information content (AvgIpc) is 3.44. The molecule has 3 aromatic rings. The number of benzene rings is 1. The minimum atomic E-state index is -0.755. The lowest BCUT2D eigenvalue weighted by molar-refractivity contribution is -0.139. The number of nitrogens with zero attached hydrogens (tertiary/aromatic N) is 2. The maximum Gasteiger partial charge on any atom is 0.328 e. The second-order valence-electron chi connectivity index (χ2n) is 8.57. The second kappa shape index (κ2) is 9.53. The number of cyclic esters (lactones) is 1. The molecule has 35 heavy (non-hydrogen) atoms. The SMILES string of the molecule is C[C@@H](Oc1ccc(C(=O)C2CC2)nc1)c1cc(-c2ccc(C(=O)N[C@H]3CCOC3=O)c(F)c2)ns1. The van der Waals surface area contributed by atoms with E-state index < -0.39 is 23.7 Å². The third-order valence-corrected chi connectivity index (χ3v) is 6.88. The summed E-state index contributed by atoms with van der Waals surface area (Å²) in [6.45, 7) is 2.10. The molecular weight excluding hydrogens is 473 g/mol. The Labute approximate surface area is 204 Å². The molecule has 3 heterocycles. The average molecular weight is 496 g/mol. The van der Waals surface area contributed by atoms with Crippen LogP contribution >= 0.6 is 11.5 Å². The maximum atomic E-state index is 14.7. The first kappa shape index (κ1) is 23.1. The number of halogens is 1. The smallest absolute Gasteiger partial charge is 0.328 e. The van der Waals surface area contributed by atoms with Crippen molar-refractivity contribution in [1.29, 1.82) is 0 Å². The monoisotopic (exact) mass is 495 g/mol. The highest BCUT2D eigenvalue weighted by Crippen LogP contribution is 2.33. The van der Waals surface area contributed by atoms with Gasteiger partial charge in [0.25, 0.3) is 5.91 Å². The van der Waals surface area contributed by atoms with Crippen LogP contribution in [0.5, 0.6) is 5.75 Å². The topological polar surface area (TPSA) is 107 Å². The van der Waals surface area contributed by atoms with Crippen LogP contribution in [0.1, 0.15) is 58.0 Å². The van der Waals surface area contributed by atoms with Gasteiger partial charge in [0.1, 0.15) is 29.4 Å².